The van der Waals surface area contributed by atoms with Crippen LogP contribution < -0.4 is 5.32 Å². The molecular formula is C14H20F2N2O2S. The first-order chi connectivity index (χ1) is 9.95. The van der Waals surface area contributed by atoms with Crippen LogP contribution in [-0.4, -0.2) is 44.8 Å². The minimum Gasteiger partial charge on any atom is -0.380 e. The van der Waals surface area contributed by atoms with Crippen molar-refractivity contribution in [1.82, 2.24) is 4.90 Å². The van der Waals surface area contributed by atoms with Crippen molar-refractivity contribution in [2.75, 3.05) is 25.0 Å². The van der Waals surface area contributed by atoms with Gasteiger partial charge in [-0.1, -0.05) is 19.1 Å². The van der Waals surface area contributed by atoms with Crippen molar-refractivity contribution in [3.63, 3.8) is 0 Å². The zero-order valence-corrected chi connectivity index (χ0v) is 12.7. The number of anilines is 1. The van der Waals surface area contributed by atoms with E-state index >= 15 is 0 Å². The Morgan fingerprint density at radius 1 is 1.38 bits per heavy atom. The van der Waals surface area contributed by atoms with Gasteiger partial charge in [-0.05, 0) is 38.1 Å². The Bertz CT molecular complexity index is 578. The first-order valence-corrected chi connectivity index (χ1v) is 8.59. The Kier molecular flexibility index (Phi) is 5.16. The Morgan fingerprint density at radius 2 is 2.10 bits per heavy atom. The van der Waals surface area contributed by atoms with Crippen LogP contribution in [-0.2, 0) is 9.84 Å². The molecule has 1 atom stereocenters. The van der Waals surface area contributed by atoms with Crippen LogP contribution in [0, 0.1) is 0 Å². The molecule has 1 aliphatic rings. The highest BCUT2D eigenvalue weighted by atomic mass is 32.2. The highest BCUT2D eigenvalue weighted by Crippen LogP contribution is 2.27. The normalized spacial score (nSPS) is 20.7. The van der Waals surface area contributed by atoms with Crippen molar-refractivity contribution in [3.8, 4) is 0 Å². The Hall–Kier alpha value is -1.21. The fourth-order valence-electron chi connectivity index (χ4n) is 2.61. The van der Waals surface area contributed by atoms with E-state index in [0.29, 0.717) is 0 Å². The third-order valence-corrected chi connectivity index (χ3v) is 5.18. The topological polar surface area (TPSA) is 49.4 Å². The molecule has 0 amide bonds. The summed E-state index contributed by atoms with van der Waals surface area (Å²) in [4.78, 5) is 1.93. The predicted octanol–water partition coefficient (Wildman–Crippen LogP) is 2.58. The van der Waals surface area contributed by atoms with E-state index in [4.69, 9.17) is 0 Å². The summed E-state index contributed by atoms with van der Waals surface area (Å²) in [7, 11) is -4.59. The number of likely N-dealkylation sites (N-methyl/N-ethyl adjacent to an activating group) is 1. The molecule has 2 rings (SSSR count). The quantitative estimate of drug-likeness (QED) is 0.906. The van der Waals surface area contributed by atoms with Crippen LogP contribution in [0.3, 0.4) is 0 Å². The zero-order chi connectivity index (χ0) is 15.5. The molecule has 0 saturated carbocycles. The maximum atomic E-state index is 12.7. The smallest absolute Gasteiger partial charge is 0.341 e. The molecule has 1 fully saturated rings. The standard InChI is InChI=1S/C14H20F2N2O2S/c1-2-18-9-5-6-11(10-18)17-12-7-3-4-8-13(12)21(19,20)14(15)16/h3-4,7-8,11,14,17H,2,5-6,9-10H2,1H3. The first kappa shape index (κ1) is 16.2. The Balaban J connectivity index is 2.21. The van der Waals surface area contributed by atoms with Gasteiger partial charge in [0.2, 0.25) is 9.84 Å². The molecule has 1 heterocycles. The van der Waals surface area contributed by atoms with E-state index in [9.17, 15) is 17.2 Å². The summed E-state index contributed by atoms with van der Waals surface area (Å²) in [6.45, 7) is 4.80. The third-order valence-electron chi connectivity index (χ3n) is 3.74. The lowest BCUT2D eigenvalue weighted by Crippen LogP contribution is -2.42. The van der Waals surface area contributed by atoms with Gasteiger partial charge in [-0.2, -0.15) is 8.78 Å². The number of rotatable bonds is 5. The SMILES string of the molecule is CCN1CCCC(Nc2ccccc2S(=O)(=O)C(F)F)C1. The van der Waals surface area contributed by atoms with Crippen LogP contribution in [0.1, 0.15) is 19.8 Å². The minimum atomic E-state index is -4.59. The number of halogens is 2. The lowest BCUT2D eigenvalue weighted by atomic mass is 10.1. The molecule has 1 aliphatic heterocycles. The Labute approximate surface area is 124 Å². The van der Waals surface area contributed by atoms with Crippen molar-refractivity contribution in [2.45, 2.75) is 36.5 Å². The van der Waals surface area contributed by atoms with Crippen LogP contribution in [0.25, 0.3) is 0 Å². The van der Waals surface area contributed by atoms with Gasteiger partial charge < -0.3 is 10.2 Å². The first-order valence-electron chi connectivity index (χ1n) is 7.05. The number of sulfone groups is 1. The van der Waals surface area contributed by atoms with E-state index in [2.05, 4.69) is 17.1 Å². The highest BCUT2D eigenvalue weighted by molar-refractivity contribution is 7.91. The van der Waals surface area contributed by atoms with E-state index < -0.39 is 15.6 Å². The van der Waals surface area contributed by atoms with Crippen molar-refractivity contribution in [1.29, 1.82) is 0 Å². The number of likely N-dealkylation sites (tertiary alicyclic amines) is 1. The van der Waals surface area contributed by atoms with Crippen LogP contribution in [0.2, 0.25) is 0 Å². The van der Waals surface area contributed by atoms with Crippen LogP contribution in [0.15, 0.2) is 29.2 Å². The summed E-state index contributed by atoms with van der Waals surface area (Å²) in [5.41, 5.74) is 0.265. The average molecular weight is 318 g/mol. The van der Waals surface area contributed by atoms with E-state index in [0.717, 1.165) is 32.5 Å². The molecule has 21 heavy (non-hydrogen) atoms. The van der Waals surface area contributed by atoms with Gasteiger partial charge in [0.25, 0.3) is 0 Å². The number of piperidine rings is 1. The summed E-state index contributed by atoms with van der Waals surface area (Å²) < 4.78 is 48.9. The monoisotopic (exact) mass is 318 g/mol. The van der Waals surface area contributed by atoms with Gasteiger partial charge >= 0.3 is 5.76 Å². The molecule has 4 nitrogen and oxygen atoms in total. The molecule has 1 saturated heterocycles. The van der Waals surface area contributed by atoms with Gasteiger partial charge in [-0.3, -0.25) is 0 Å². The maximum absolute atomic E-state index is 12.7. The van der Waals surface area contributed by atoms with Gasteiger partial charge in [0.1, 0.15) is 0 Å². The summed E-state index contributed by atoms with van der Waals surface area (Å²) in [5.74, 6) is -3.40. The number of para-hydroxylation sites is 1. The van der Waals surface area contributed by atoms with Gasteiger partial charge in [0, 0.05) is 12.6 Å². The molecule has 7 heteroatoms. The maximum Gasteiger partial charge on any atom is 0.341 e. The molecule has 0 bridgehead atoms. The lowest BCUT2D eigenvalue weighted by molar-refractivity contribution is 0.226. The molecule has 0 radical (unpaired) electrons. The minimum absolute atomic E-state index is 0.0766. The van der Waals surface area contributed by atoms with Crippen molar-refractivity contribution < 1.29 is 17.2 Å². The molecular weight excluding hydrogens is 298 g/mol. The summed E-state index contributed by atoms with van der Waals surface area (Å²) in [5, 5.41) is 3.12. The van der Waals surface area contributed by atoms with E-state index in [1.165, 1.54) is 12.1 Å². The molecule has 1 aromatic rings. The molecule has 0 aliphatic carbocycles. The number of nitrogens with one attached hydrogen (secondary N) is 1. The van der Waals surface area contributed by atoms with Gasteiger partial charge in [-0.25, -0.2) is 8.42 Å². The van der Waals surface area contributed by atoms with Gasteiger partial charge in [0.15, 0.2) is 0 Å². The molecule has 0 spiro atoms. The molecule has 118 valence electrons. The third kappa shape index (κ3) is 3.71. The highest BCUT2D eigenvalue weighted by Gasteiger charge is 2.30. The second-order valence-corrected chi connectivity index (χ2v) is 7.06. The van der Waals surface area contributed by atoms with Crippen LogP contribution in [0.4, 0.5) is 14.5 Å². The number of benzene rings is 1. The largest absolute Gasteiger partial charge is 0.380 e. The number of hydrogen-bond acceptors (Lipinski definition) is 4. The number of alkyl halides is 2. The predicted molar refractivity (Wildman–Crippen MR) is 78.4 cm³/mol. The van der Waals surface area contributed by atoms with E-state index in [1.54, 1.807) is 12.1 Å². The molecule has 1 unspecified atom stereocenters. The fourth-order valence-corrected chi connectivity index (χ4v) is 3.50. The van der Waals surface area contributed by atoms with E-state index in [1.807, 2.05) is 0 Å². The molecule has 1 N–H and O–H groups in total. The summed E-state index contributed by atoms with van der Waals surface area (Å²) in [6, 6.07) is 5.95. The number of nitrogens with zero attached hydrogens (tertiary/aromatic N) is 1. The summed E-state index contributed by atoms with van der Waals surface area (Å²) in [6.07, 6.45) is 1.91. The van der Waals surface area contributed by atoms with Gasteiger partial charge in [-0.15, -0.1) is 0 Å². The molecule has 0 aromatic heterocycles. The molecule has 1 aromatic carbocycles. The van der Waals surface area contributed by atoms with Crippen molar-refractivity contribution >= 4 is 15.5 Å². The Morgan fingerprint density at radius 3 is 2.76 bits per heavy atom. The van der Waals surface area contributed by atoms with Gasteiger partial charge in [0.05, 0.1) is 10.6 Å². The van der Waals surface area contributed by atoms with Crippen molar-refractivity contribution in [3.05, 3.63) is 24.3 Å². The summed E-state index contributed by atoms with van der Waals surface area (Å²) >= 11 is 0. The average Bonchev–Trinajstić information content (AvgIpc) is 2.47. The second-order valence-electron chi connectivity index (χ2n) is 5.18. The van der Waals surface area contributed by atoms with Crippen molar-refractivity contribution in [2.24, 2.45) is 0 Å². The zero-order valence-electron chi connectivity index (χ0n) is 11.9. The lowest BCUT2D eigenvalue weighted by Gasteiger charge is -2.33. The van der Waals surface area contributed by atoms with E-state index in [-0.39, 0.29) is 16.6 Å². The van der Waals surface area contributed by atoms with Crippen LogP contribution >= 0.6 is 0 Å². The second kappa shape index (κ2) is 6.70. The number of hydrogen-bond donors (Lipinski definition) is 1. The fraction of sp³-hybridized carbons (Fsp3) is 0.571. The van der Waals surface area contributed by atoms with Crippen LogP contribution in [0.5, 0.6) is 0 Å².